The van der Waals surface area contributed by atoms with Gasteiger partial charge < -0.3 is 14.6 Å². The van der Waals surface area contributed by atoms with Crippen molar-refractivity contribution in [3.8, 4) is 11.5 Å². The van der Waals surface area contributed by atoms with Crippen LogP contribution in [0.4, 0.5) is 5.69 Å². The SMILES string of the molecule is CC(C)Oc1ccc(C2=C(O)C(=O)N(c3ccc(OC(C)C)cc3)C2=O)cc1. The Morgan fingerprint density at radius 3 is 1.68 bits per heavy atom. The van der Waals surface area contributed by atoms with Crippen LogP contribution in [0, 0.1) is 0 Å². The molecule has 0 fully saturated rings. The maximum absolute atomic E-state index is 12.9. The number of benzene rings is 2. The largest absolute Gasteiger partial charge is 0.502 e. The molecule has 0 spiro atoms. The Labute approximate surface area is 164 Å². The Balaban J connectivity index is 1.85. The number of nitrogens with zero attached hydrogens (tertiary/aromatic N) is 1. The van der Waals surface area contributed by atoms with Crippen molar-refractivity contribution in [2.24, 2.45) is 0 Å². The minimum absolute atomic E-state index is 0.0147. The van der Waals surface area contributed by atoms with Gasteiger partial charge in [0.15, 0.2) is 5.76 Å². The third-order valence-corrected chi connectivity index (χ3v) is 4.04. The number of hydrogen-bond donors (Lipinski definition) is 1. The number of anilines is 1. The van der Waals surface area contributed by atoms with Crippen LogP contribution in [0.2, 0.25) is 0 Å². The van der Waals surface area contributed by atoms with Crippen LogP contribution in [0.25, 0.3) is 5.57 Å². The van der Waals surface area contributed by atoms with Crippen LogP contribution < -0.4 is 14.4 Å². The fourth-order valence-electron chi connectivity index (χ4n) is 2.93. The quantitative estimate of drug-likeness (QED) is 0.763. The Hall–Kier alpha value is -3.28. The van der Waals surface area contributed by atoms with Gasteiger partial charge in [-0.2, -0.15) is 0 Å². The molecule has 146 valence electrons. The van der Waals surface area contributed by atoms with Gasteiger partial charge in [0.25, 0.3) is 5.91 Å². The van der Waals surface area contributed by atoms with Crippen LogP contribution in [0.3, 0.4) is 0 Å². The van der Waals surface area contributed by atoms with E-state index in [1.54, 1.807) is 48.5 Å². The van der Waals surface area contributed by atoms with E-state index in [-0.39, 0.29) is 17.8 Å². The van der Waals surface area contributed by atoms with Crippen LogP contribution in [0.15, 0.2) is 54.3 Å². The number of rotatable bonds is 6. The maximum Gasteiger partial charge on any atom is 0.301 e. The Bertz CT molecular complexity index is 911. The molecule has 1 aliphatic rings. The van der Waals surface area contributed by atoms with E-state index in [2.05, 4.69) is 0 Å². The molecule has 28 heavy (non-hydrogen) atoms. The summed E-state index contributed by atoms with van der Waals surface area (Å²) in [5, 5.41) is 10.3. The lowest BCUT2D eigenvalue weighted by molar-refractivity contribution is -0.121. The lowest BCUT2D eigenvalue weighted by atomic mass is 10.1. The lowest BCUT2D eigenvalue weighted by Gasteiger charge is -2.16. The summed E-state index contributed by atoms with van der Waals surface area (Å²) in [5.74, 6) is -0.605. The molecule has 1 heterocycles. The van der Waals surface area contributed by atoms with Crippen molar-refractivity contribution in [1.82, 2.24) is 0 Å². The second kappa shape index (κ2) is 7.76. The average molecular weight is 381 g/mol. The van der Waals surface area contributed by atoms with Crippen molar-refractivity contribution in [1.29, 1.82) is 0 Å². The molecule has 1 N–H and O–H groups in total. The van der Waals surface area contributed by atoms with Gasteiger partial charge >= 0.3 is 5.91 Å². The predicted molar refractivity (Wildman–Crippen MR) is 106 cm³/mol. The van der Waals surface area contributed by atoms with Crippen molar-refractivity contribution in [2.45, 2.75) is 39.9 Å². The highest BCUT2D eigenvalue weighted by Crippen LogP contribution is 2.33. The van der Waals surface area contributed by atoms with Gasteiger partial charge in [0.1, 0.15) is 11.5 Å². The predicted octanol–water partition coefficient (Wildman–Crippen LogP) is 4.10. The Morgan fingerprint density at radius 1 is 0.750 bits per heavy atom. The highest BCUT2D eigenvalue weighted by Gasteiger charge is 2.40. The fraction of sp³-hybridized carbons (Fsp3) is 0.273. The molecule has 0 saturated heterocycles. The molecule has 0 bridgehead atoms. The Morgan fingerprint density at radius 2 is 1.21 bits per heavy atom. The van der Waals surface area contributed by atoms with Crippen molar-refractivity contribution in [3.63, 3.8) is 0 Å². The lowest BCUT2D eigenvalue weighted by Crippen LogP contribution is -2.31. The van der Waals surface area contributed by atoms with Crippen molar-refractivity contribution >= 4 is 23.1 Å². The van der Waals surface area contributed by atoms with E-state index in [9.17, 15) is 14.7 Å². The van der Waals surface area contributed by atoms with Gasteiger partial charge in [-0.1, -0.05) is 12.1 Å². The first-order chi connectivity index (χ1) is 13.3. The van der Waals surface area contributed by atoms with Crippen LogP contribution in [0.1, 0.15) is 33.3 Å². The zero-order valence-electron chi connectivity index (χ0n) is 16.3. The van der Waals surface area contributed by atoms with Gasteiger partial charge in [0, 0.05) is 0 Å². The van der Waals surface area contributed by atoms with E-state index < -0.39 is 17.6 Å². The maximum atomic E-state index is 12.9. The summed E-state index contributed by atoms with van der Waals surface area (Å²) >= 11 is 0. The first-order valence-electron chi connectivity index (χ1n) is 9.13. The number of ether oxygens (including phenoxy) is 2. The number of imide groups is 1. The zero-order valence-corrected chi connectivity index (χ0v) is 16.3. The standard InChI is InChI=1S/C22H23NO5/c1-13(2)27-17-9-5-15(6-10-17)19-20(24)22(26)23(21(19)25)16-7-11-18(12-8-16)28-14(3)4/h5-14,24H,1-4H3. The zero-order chi connectivity index (χ0) is 20.4. The summed E-state index contributed by atoms with van der Waals surface area (Å²) in [5.41, 5.74) is 0.797. The van der Waals surface area contributed by atoms with Gasteiger partial charge in [-0.3, -0.25) is 9.59 Å². The van der Waals surface area contributed by atoms with Gasteiger partial charge in [-0.25, -0.2) is 4.90 Å². The monoisotopic (exact) mass is 381 g/mol. The molecule has 0 saturated carbocycles. The third-order valence-electron chi connectivity index (χ3n) is 4.04. The number of hydrogen-bond acceptors (Lipinski definition) is 5. The molecule has 2 aromatic rings. The summed E-state index contributed by atoms with van der Waals surface area (Å²) < 4.78 is 11.2. The molecule has 2 amide bonds. The molecule has 6 nitrogen and oxygen atoms in total. The summed E-state index contributed by atoms with van der Waals surface area (Å²) in [6, 6.07) is 13.3. The normalized spacial score (nSPS) is 14.4. The van der Waals surface area contributed by atoms with E-state index in [1.807, 2.05) is 27.7 Å². The minimum atomic E-state index is -0.750. The van der Waals surface area contributed by atoms with Crippen LogP contribution >= 0.6 is 0 Å². The molecule has 0 aromatic heterocycles. The van der Waals surface area contributed by atoms with E-state index >= 15 is 0 Å². The summed E-state index contributed by atoms with van der Waals surface area (Å²) in [6.45, 7) is 7.65. The molecular weight excluding hydrogens is 358 g/mol. The second-order valence-electron chi connectivity index (χ2n) is 7.02. The van der Waals surface area contributed by atoms with Gasteiger partial charge in [-0.05, 0) is 69.7 Å². The van der Waals surface area contributed by atoms with Crippen molar-refractivity contribution < 1.29 is 24.2 Å². The smallest absolute Gasteiger partial charge is 0.301 e. The third kappa shape index (κ3) is 3.86. The second-order valence-corrected chi connectivity index (χ2v) is 7.02. The molecule has 1 aliphatic heterocycles. The van der Waals surface area contributed by atoms with E-state index in [0.717, 1.165) is 4.90 Å². The molecule has 0 radical (unpaired) electrons. The molecule has 0 unspecified atom stereocenters. The van der Waals surface area contributed by atoms with Crippen LogP contribution in [0.5, 0.6) is 11.5 Å². The van der Waals surface area contributed by atoms with Gasteiger partial charge in [0.05, 0.1) is 23.5 Å². The number of carbonyl (C=O) groups excluding carboxylic acids is 2. The summed E-state index contributed by atoms with van der Waals surface area (Å²) in [7, 11) is 0. The van der Waals surface area contributed by atoms with Gasteiger partial charge in [-0.15, -0.1) is 0 Å². The fourth-order valence-corrected chi connectivity index (χ4v) is 2.93. The first-order valence-corrected chi connectivity index (χ1v) is 9.13. The van der Waals surface area contributed by atoms with E-state index in [1.165, 1.54) is 0 Å². The Kier molecular flexibility index (Phi) is 5.40. The topological polar surface area (TPSA) is 76.1 Å². The van der Waals surface area contributed by atoms with Crippen molar-refractivity contribution in [3.05, 3.63) is 59.9 Å². The highest BCUT2D eigenvalue weighted by atomic mass is 16.5. The molecule has 0 atom stereocenters. The van der Waals surface area contributed by atoms with Crippen molar-refractivity contribution in [2.75, 3.05) is 4.90 Å². The number of amides is 2. The van der Waals surface area contributed by atoms with Gasteiger partial charge in [0.2, 0.25) is 0 Å². The molecule has 6 heteroatoms. The molecule has 0 aliphatic carbocycles. The molecule has 2 aromatic carbocycles. The van der Waals surface area contributed by atoms with E-state index in [0.29, 0.717) is 22.7 Å². The summed E-state index contributed by atoms with van der Waals surface area (Å²) in [6.07, 6.45) is 0.0344. The molecule has 3 rings (SSSR count). The summed E-state index contributed by atoms with van der Waals surface area (Å²) in [4.78, 5) is 26.4. The highest BCUT2D eigenvalue weighted by molar-refractivity contribution is 6.44. The first kappa shape index (κ1) is 19.5. The number of aliphatic hydroxyl groups is 1. The van der Waals surface area contributed by atoms with Crippen LogP contribution in [-0.4, -0.2) is 29.1 Å². The molecular formula is C22H23NO5. The van der Waals surface area contributed by atoms with E-state index in [4.69, 9.17) is 9.47 Å². The van der Waals surface area contributed by atoms with Crippen LogP contribution in [-0.2, 0) is 9.59 Å². The number of aliphatic hydroxyl groups excluding tert-OH is 1. The minimum Gasteiger partial charge on any atom is -0.502 e. The number of carbonyl (C=O) groups is 2. The average Bonchev–Trinajstić information content (AvgIpc) is 2.85.